The van der Waals surface area contributed by atoms with Gasteiger partial charge in [-0.05, 0) is 13.3 Å². The number of nitrogens with one attached hydrogen (secondary N) is 1. The van der Waals surface area contributed by atoms with Crippen molar-refractivity contribution in [2.45, 2.75) is 19.4 Å². The van der Waals surface area contributed by atoms with Gasteiger partial charge in [0.2, 0.25) is 0 Å². The molecule has 46 valence electrons. The first-order valence-corrected chi connectivity index (χ1v) is 2.85. The van der Waals surface area contributed by atoms with Gasteiger partial charge in [0.05, 0.1) is 0 Å². The second kappa shape index (κ2) is 2.03. The van der Waals surface area contributed by atoms with E-state index in [1.54, 1.807) is 0 Å². The number of hydrogen-bond donors (Lipinski definition) is 2. The molecule has 0 unspecified atom stereocenters. The lowest BCUT2D eigenvalue weighted by Gasteiger charge is -2.17. The van der Waals surface area contributed by atoms with Gasteiger partial charge in [0.25, 0.3) is 0 Å². The van der Waals surface area contributed by atoms with Crippen LogP contribution in [0.15, 0.2) is 4.99 Å². The molecule has 0 aromatic rings. The van der Waals surface area contributed by atoms with Crippen LogP contribution in [0.2, 0.25) is 0 Å². The fourth-order valence-corrected chi connectivity index (χ4v) is 0.749. The molecule has 1 aliphatic rings. The standard InChI is InChI=1S/C5H11N3/c1-4-2-3-7-5(6)8-4/h4H,2-3H2,1H3,(H3,6,7,8)/t4-/m0/s1. The molecule has 0 saturated heterocycles. The van der Waals surface area contributed by atoms with Gasteiger partial charge in [0.15, 0.2) is 5.96 Å². The summed E-state index contributed by atoms with van der Waals surface area (Å²) >= 11 is 0. The third-order valence-corrected chi connectivity index (χ3v) is 1.24. The molecule has 0 saturated carbocycles. The molecule has 1 rings (SSSR count). The Morgan fingerprint density at radius 3 is 3.00 bits per heavy atom. The van der Waals surface area contributed by atoms with E-state index in [2.05, 4.69) is 17.2 Å². The molecule has 0 amide bonds. The maximum atomic E-state index is 5.36. The molecule has 1 atom stereocenters. The molecule has 0 spiro atoms. The first kappa shape index (κ1) is 5.41. The number of aliphatic imine (C=N–C) groups is 1. The van der Waals surface area contributed by atoms with E-state index in [0.29, 0.717) is 12.0 Å². The number of guanidine groups is 1. The maximum absolute atomic E-state index is 5.36. The summed E-state index contributed by atoms with van der Waals surface area (Å²) < 4.78 is 0. The molecule has 0 radical (unpaired) electrons. The van der Waals surface area contributed by atoms with E-state index >= 15 is 0 Å². The fraction of sp³-hybridized carbons (Fsp3) is 0.800. The van der Waals surface area contributed by atoms with Gasteiger partial charge >= 0.3 is 0 Å². The van der Waals surface area contributed by atoms with Crippen LogP contribution in [0.25, 0.3) is 0 Å². The Morgan fingerprint density at radius 2 is 2.62 bits per heavy atom. The molecular weight excluding hydrogens is 102 g/mol. The van der Waals surface area contributed by atoms with Crippen molar-refractivity contribution < 1.29 is 0 Å². The molecule has 0 bridgehead atoms. The maximum Gasteiger partial charge on any atom is 0.188 e. The summed E-state index contributed by atoms with van der Waals surface area (Å²) in [6.07, 6.45) is 1.10. The molecule has 0 aromatic carbocycles. The van der Waals surface area contributed by atoms with Crippen molar-refractivity contribution in [3.63, 3.8) is 0 Å². The van der Waals surface area contributed by atoms with Crippen LogP contribution in [0.3, 0.4) is 0 Å². The molecular formula is C5H11N3. The molecule has 0 aliphatic carbocycles. The summed E-state index contributed by atoms with van der Waals surface area (Å²) in [5, 5.41) is 3.01. The summed E-state index contributed by atoms with van der Waals surface area (Å²) in [7, 11) is 0. The zero-order chi connectivity index (χ0) is 5.98. The Labute approximate surface area is 49.0 Å². The summed E-state index contributed by atoms with van der Waals surface area (Å²) in [5.74, 6) is 0.587. The molecule has 3 N–H and O–H groups in total. The highest BCUT2D eigenvalue weighted by Gasteiger charge is 2.05. The van der Waals surface area contributed by atoms with Gasteiger partial charge in [-0.2, -0.15) is 0 Å². The van der Waals surface area contributed by atoms with E-state index in [1.165, 1.54) is 0 Å². The van der Waals surface area contributed by atoms with E-state index in [9.17, 15) is 0 Å². The average molecular weight is 113 g/mol. The van der Waals surface area contributed by atoms with Crippen molar-refractivity contribution in [3.05, 3.63) is 0 Å². The topological polar surface area (TPSA) is 50.4 Å². The van der Waals surface area contributed by atoms with Gasteiger partial charge in [-0.3, -0.25) is 4.99 Å². The van der Waals surface area contributed by atoms with Crippen LogP contribution in [0.4, 0.5) is 0 Å². The first-order valence-electron chi connectivity index (χ1n) is 2.85. The van der Waals surface area contributed by atoms with Crippen molar-refractivity contribution >= 4 is 5.96 Å². The number of hydrogen-bond acceptors (Lipinski definition) is 3. The molecule has 3 heteroatoms. The van der Waals surface area contributed by atoms with Crippen molar-refractivity contribution in [3.8, 4) is 0 Å². The number of rotatable bonds is 0. The van der Waals surface area contributed by atoms with Crippen molar-refractivity contribution in [2.24, 2.45) is 10.7 Å². The summed E-state index contributed by atoms with van der Waals surface area (Å²) in [6, 6.07) is 0.507. The highest BCUT2D eigenvalue weighted by Crippen LogP contribution is 1.94. The Bertz CT molecular complexity index is 108. The van der Waals surface area contributed by atoms with Gasteiger partial charge in [0, 0.05) is 12.6 Å². The van der Waals surface area contributed by atoms with Crippen LogP contribution >= 0.6 is 0 Å². The van der Waals surface area contributed by atoms with Crippen LogP contribution in [-0.4, -0.2) is 18.5 Å². The van der Waals surface area contributed by atoms with Crippen LogP contribution in [0.1, 0.15) is 13.3 Å². The van der Waals surface area contributed by atoms with E-state index in [1.807, 2.05) is 0 Å². The lowest BCUT2D eigenvalue weighted by Crippen LogP contribution is -2.41. The Hall–Kier alpha value is -0.730. The van der Waals surface area contributed by atoms with E-state index in [4.69, 9.17) is 5.73 Å². The molecule has 1 aliphatic heterocycles. The predicted molar refractivity (Wildman–Crippen MR) is 33.7 cm³/mol. The Morgan fingerprint density at radius 1 is 1.88 bits per heavy atom. The van der Waals surface area contributed by atoms with Crippen molar-refractivity contribution in [1.82, 2.24) is 5.32 Å². The fourth-order valence-electron chi connectivity index (χ4n) is 0.749. The molecule has 0 fully saturated rings. The van der Waals surface area contributed by atoms with E-state index in [-0.39, 0.29) is 0 Å². The average Bonchev–Trinajstić information content (AvgIpc) is 1.64. The SMILES string of the molecule is C[C@H]1CCN=C(N)N1. The molecule has 3 nitrogen and oxygen atoms in total. The van der Waals surface area contributed by atoms with E-state index < -0.39 is 0 Å². The molecule has 8 heavy (non-hydrogen) atoms. The Kier molecular flexibility index (Phi) is 1.37. The first-order chi connectivity index (χ1) is 3.79. The van der Waals surface area contributed by atoms with Gasteiger partial charge < -0.3 is 11.1 Å². The van der Waals surface area contributed by atoms with Gasteiger partial charge in [-0.15, -0.1) is 0 Å². The van der Waals surface area contributed by atoms with Crippen LogP contribution in [0, 0.1) is 0 Å². The van der Waals surface area contributed by atoms with E-state index in [0.717, 1.165) is 13.0 Å². The minimum Gasteiger partial charge on any atom is -0.370 e. The zero-order valence-corrected chi connectivity index (χ0v) is 5.02. The monoisotopic (exact) mass is 113 g/mol. The third-order valence-electron chi connectivity index (χ3n) is 1.24. The van der Waals surface area contributed by atoms with Gasteiger partial charge in [-0.25, -0.2) is 0 Å². The lowest BCUT2D eigenvalue weighted by atomic mass is 10.2. The Balaban J connectivity index is 2.45. The minimum absolute atomic E-state index is 0.507. The zero-order valence-electron chi connectivity index (χ0n) is 5.02. The smallest absolute Gasteiger partial charge is 0.188 e. The molecule has 0 aromatic heterocycles. The summed E-state index contributed by atoms with van der Waals surface area (Å²) in [6.45, 7) is 2.97. The number of nitrogens with zero attached hydrogens (tertiary/aromatic N) is 1. The van der Waals surface area contributed by atoms with Gasteiger partial charge in [-0.1, -0.05) is 0 Å². The van der Waals surface area contributed by atoms with Crippen LogP contribution in [-0.2, 0) is 0 Å². The van der Waals surface area contributed by atoms with Gasteiger partial charge in [0.1, 0.15) is 0 Å². The second-order valence-electron chi connectivity index (χ2n) is 2.10. The van der Waals surface area contributed by atoms with Crippen LogP contribution in [0.5, 0.6) is 0 Å². The lowest BCUT2D eigenvalue weighted by molar-refractivity contribution is 0.584. The summed E-state index contributed by atoms with van der Waals surface area (Å²) in [4.78, 5) is 3.96. The van der Waals surface area contributed by atoms with Crippen molar-refractivity contribution in [2.75, 3.05) is 6.54 Å². The normalized spacial score (nSPS) is 28.6. The van der Waals surface area contributed by atoms with Crippen molar-refractivity contribution in [1.29, 1.82) is 0 Å². The number of nitrogens with two attached hydrogens (primary N) is 1. The second-order valence-corrected chi connectivity index (χ2v) is 2.10. The minimum atomic E-state index is 0.507. The van der Waals surface area contributed by atoms with Crippen LogP contribution < -0.4 is 11.1 Å². The highest BCUT2D eigenvalue weighted by molar-refractivity contribution is 5.78. The highest BCUT2D eigenvalue weighted by atomic mass is 15.1. The summed E-state index contributed by atoms with van der Waals surface area (Å²) in [5.41, 5.74) is 5.36. The quantitative estimate of drug-likeness (QED) is 0.452. The predicted octanol–water partition coefficient (Wildman–Crippen LogP) is -0.317. The third kappa shape index (κ3) is 1.12. The largest absolute Gasteiger partial charge is 0.370 e. The molecule has 1 heterocycles.